The first-order valence-electron chi connectivity index (χ1n) is 12.8. The first kappa shape index (κ1) is 23.5. The molecule has 176 valence electrons. The Hall–Kier alpha value is -1.66. The SMILES string of the molecule is O=S(=O)(NC1CCCCCCCCCCC1)c1cn(C2CCCC2)nc1-c1ccccc1. The highest BCUT2D eigenvalue weighted by Crippen LogP contribution is 2.33. The average molecular weight is 458 g/mol. The van der Waals surface area contributed by atoms with Gasteiger partial charge < -0.3 is 0 Å². The fourth-order valence-corrected chi connectivity index (χ4v) is 6.75. The highest BCUT2D eigenvalue weighted by Gasteiger charge is 2.28. The third kappa shape index (κ3) is 6.22. The molecule has 2 aliphatic rings. The van der Waals surface area contributed by atoms with Crippen LogP contribution in [0.3, 0.4) is 0 Å². The van der Waals surface area contributed by atoms with Crippen molar-refractivity contribution < 1.29 is 8.42 Å². The highest BCUT2D eigenvalue weighted by atomic mass is 32.2. The molecule has 4 rings (SSSR count). The molecule has 2 fully saturated rings. The van der Waals surface area contributed by atoms with Crippen molar-refractivity contribution in [2.45, 2.75) is 113 Å². The minimum atomic E-state index is -3.65. The van der Waals surface area contributed by atoms with Gasteiger partial charge in [-0.15, -0.1) is 0 Å². The van der Waals surface area contributed by atoms with Gasteiger partial charge in [0.1, 0.15) is 10.6 Å². The van der Waals surface area contributed by atoms with Crippen molar-refractivity contribution in [2.24, 2.45) is 0 Å². The maximum Gasteiger partial charge on any atom is 0.244 e. The van der Waals surface area contributed by atoms with Gasteiger partial charge in [-0.05, 0) is 25.7 Å². The standard InChI is InChI=1S/C26H39N3O2S/c30-32(31,28-23-17-11-6-4-2-1-3-5-7-12-18-23)25-21-29(24-19-13-14-20-24)27-26(25)22-15-9-8-10-16-22/h8-10,15-16,21,23-24,28H,1-7,11-14,17-20H2. The molecule has 6 heteroatoms. The summed E-state index contributed by atoms with van der Waals surface area (Å²) in [5.41, 5.74) is 1.45. The molecule has 0 aliphatic heterocycles. The van der Waals surface area contributed by atoms with Crippen LogP contribution in [0.15, 0.2) is 41.4 Å². The number of rotatable bonds is 5. The van der Waals surface area contributed by atoms with Gasteiger partial charge in [-0.25, -0.2) is 13.1 Å². The van der Waals surface area contributed by atoms with Crippen molar-refractivity contribution in [2.75, 3.05) is 0 Å². The Bertz CT molecular complexity index is 921. The predicted molar refractivity (Wildman–Crippen MR) is 130 cm³/mol. The van der Waals surface area contributed by atoms with Crippen molar-refractivity contribution in [1.29, 1.82) is 0 Å². The summed E-state index contributed by atoms with van der Waals surface area (Å²) in [6.45, 7) is 0. The summed E-state index contributed by atoms with van der Waals surface area (Å²) in [5.74, 6) is 0. The quantitative estimate of drug-likeness (QED) is 0.549. The fraction of sp³-hybridized carbons (Fsp3) is 0.654. The summed E-state index contributed by atoms with van der Waals surface area (Å²) in [6.07, 6.45) is 19.3. The first-order valence-corrected chi connectivity index (χ1v) is 14.3. The number of aromatic nitrogens is 2. The lowest BCUT2D eigenvalue weighted by atomic mass is 9.98. The van der Waals surface area contributed by atoms with Crippen LogP contribution >= 0.6 is 0 Å². The van der Waals surface area contributed by atoms with Crippen LogP contribution in [0, 0.1) is 0 Å². The largest absolute Gasteiger partial charge is 0.268 e. The second-order valence-electron chi connectivity index (χ2n) is 9.70. The number of hydrogen-bond acceptors (Lipinski definition) is 3. The van der Waals surface area contributed by atoms with Gasteiger partial charge in [-0.2, -0.15) is 5.10 Å². The molecule has 0 bridgehead atoms. The molecule has 1 aromatic heterocycles. The number of nitrogens with one attached hydrogen (secondary N) is 1. The van der Waals surface area contributed by atoms with Gasteiger partial charge in [-0.3, -0.25) is 4.68 Å². The Morgan fingerprint density at radius 3 is 1.88 bits per heavy atom. The first-order chi connectivity index (χ1) is 15.6. The van der Waals surface area contributed by atoms with E-state index < -0.39 is 10.0 Å². The van der Waals surface area contributed by atoms with Gasteiger partial charge in [0.15, 0.2) is 0 Å². The van der Waals surface area contributed by atoms with E-state index in [0.29, 0.717) is 16.6 Å². The summed E-state index contributed by atoms with van der Waals surface area (Å²) in [5, 5.41) is 4.80. The van der Waals surface area contributed by atoms with E-state index >= 15 is 0 Å². The zero-order valence-corrected chi connectivity index (χ0v) is 20.2. The van der Waals surface area contributed by atoms with Crippen molar-refractivity contribution in [1.82, 2.24) is 14.5 Å². The molecule has 1 N–H and O–H groups in total. The van der Waals surface area contributed by atoms with E-state index in [4.69, 9.17) is 5.10 Å². The Morgan fingerprint density at radius 2 is 1.28 bits per heavy atom. The Morgan fingerprint density at radius 1 is 0.750 bits per heavy atom. The molecule has 0 spiro atoms. The fourth-order valence-electron chi connectivity index (χ4n) is 5.29. The number of hydrogen-bond donors (Lipinski definition) is 1. The molecular weight excluding hydrogens is 418 g/mol. The molecule has 0 unspecified atom stereocenters. The number of sulfonamides is 1. The van der Waals surface area contributed by atoms with Crippen LogP contribution in [0.2, 0.25) is 0 Å². The predicted octanol–water partition coefficient (Wildman–Crippen LogP) is 6.62. The Kier molecular flexibility index (Phi) is 8.42. The van der Waals surface area contributed by atoms with E-state index in [9.17, 15) is 8.42 Å². The van der Waals surface area contributed by atoms with E-state index in [-0.39, 0.29) is 6.04 Å². The van der Waals surface area contributed by atoms with Gasteiger partial charge in [0.05, 0.1) is 6.04 Å². The maximum atomic E-state index is 13.6. The third-order valence-corrected chi connectivity index (χ3v) is 8.68. The Balaban J connectivity index is 1.57. The monoisotopic (exact) mass is 457 g/mol. The van der Waals surface area contributed by atoms with Gasteiger partial charge in [0.25, 0.3) is 0 Å². The van der Waals surface area contributed by atoms with Crippen molar-refractivity contribution in [3.63, 3.8) is 0 Å². The van der Waals surface area contributed by atoms with Crippen LogP contribution in [0.5, 0.6) is 0 Å². The van der Waals surface area contributed by atoms with E-state index in [1.165, 1.54) is 57.8 Å². The van der Waals surface area contributed by atoms with Gasteiger partial charge in [0.2, 0.25) is 10.0 Å². The molecule has 32 heavy (non-hydrogen) atoms. The van der Waals surface area contributed by atoms with E-state index in [0.717, 1.165) is 44.1 Å². The minimum absolute atomic E-state index is 0.0119. The molecule has 0 amide bonds. The molecule has 2 aromatic rings. The summed E-state index contributed by atoms with van der Waals surface area (Å²) in [7, 11) is -3.65. The van der Waals surface area contributed by atoms with Gasteiger partial charge in [0, 0.05) is 17.8 Å². The van der Waals surface area contributed by atoms with Gasteiger partial charge >= 0.3 is 0 Å². The van der Waals surface area contributed by atoms with Crippen LogP contribution < -0.4 is 4.72 Å². The highest BCUT2D eigenvalue weighted by molar-refractivity contribution is 7.89. The van der Waals surface area contributed by atoms with Crippen LogP contribution in [0.25, 0.3) is 11.3 Å². The lowest BCUT2D eigenvalue weighted by Crippen LogP contribution is -2.35. The molecule has 2 aliphatic carbocycles. The lowest BCUT2D eigenvalue weighted by molar-refractivity contribution is 0.439. The summed E-state index contributed by atoms with van der Waals surface area (Å²) in [4.78, 5) is 0.335. The smallest absolute Gasteiger partial charge is 0.244 e. The second-order valence-corrected chi connectivity index (χ2v) is 11.4. The van der Waals surface area contributed by atoms with Gasteiger partial charge in [-0.1, -0.05) is 101 Å². The van der Waals surface area contributed by atoms with Crippen LogP contribution in [-0.2, 0) is 10.0 Å². The van der Waals surface area contributed by atoms with E-state index in [1.807, 2.05) is 35.0 Å². The molecule has 1 heterocycles. The van der Waals surface area contributed by atoms with Crippen molar-refractivity contribution in [3.05, 3.63) is 36.5 Å². The van der Waals surface area contributed by atoms with Crippen molar-refractivity contribution in [3.8, 4) is 11.3 Å². The second kappa shape index (κ2) is 11.5. The summed E-state index contributed by atoms with van der Waals surface area (Å²) < 4.78 is 32.3. The molecule has 0 radical (unpaired) electrons. The molecular formula is C26H39N3O2S. The maximum absolute atomic E-state index is 13.6. The Labute approximate surface area is 194 Å². The van der Waals surface area contributed by atoms with E-state index in [2.05, 4.69) is 4.72 Å². The molecule has 2 saturated carbocycles. The molecule has 0 saturated heterocycles. The topological polar surface area (TPSA) is 64.0 Å². The zero-order valence-electron chi connectivity index (χ0n) is 19.3. The normalized spacial score (nSPS) is 20.6. The summed E-state index contributed by atoms with van der Waals surface area (Å²) >= 11 is 0. The van der Waals surface area contributed by atoms with Crippen LogP contribution in [-0.4, -0.2) is 24.2 Å². The van der Waals surface area contributed by atoms with Crippen LogP contribution in [0.4, 0.5) is 0 Å². The molecule has 5 nitrogen and oxygen atoms in total. The molecule has 0 atom stereocenters. The third-order valence-electron chi connectivity index (χ3n) is 7.16. The van der Waals surface area contributed by atoms with E-state index in [1.54, 1.807) is 6.20 Å². The number of benzene rings is 1. The zero-order chi connectivity index (χ0) is 22.2. The average Bonchev–Trinajstić information content (AvgIpc) is 3.46. The molecule has 1 aromatic carbocycles. The van der Waals surface area contributed by atoms with Crippen molar-refractivity contribution >= 4 is 10.0 Å². The lowest BCUT2D eigenvalue weighted by Gasteiger charge is -2.19. The van der Waals surface area contributed by atoms with Crippen LogP contribution in [0.1, 0.15) is 102 Å². The summed E-state index contributed by atoms with van der Waals surface area (Å²) in [6, 6.07) is 10.1. The minimum Gasteiger partial charge on any atom is -0.268 e. The number of nitrogens with zero attached hydrogens (tertiary/aromatic N) is 2.